The SMILES string of the molecule is Cc1nc(C(=O)NCCC2=CCCCC2)cc(N2CCN(C=O)CC2)n1. The minimum atomic E-state index is -0.153. The standard InChI is InChI=1S/C19H27N5O2/c1-15-21-17(19(26)20-8-7-16-5-3-2-4-6-16)13-18(22-15)24-11-9-23(14-25)10-12-24/h5,13-14H,2-4,6-12H2,1H3,(H,20,26). The second-order valence-electron chi connectivity index (χ2n) is 6.90. The van der Waals surface area contributed by atoms with Crippen molar-refractivity contribution in [3.63, 3.8) is 0 Å². The Morgan fingerprint density at radius 2 is 2.04 bits per heavy atom. The summed E-state index contributed by atoms with van der Waals surface area (Å²) in [6, 6.07) is 1.75. The predicted molar refractivity (Wildman–Crippen MR) is 100 cm³/mol. The molecule has 0 bridgehead atoms. The lowest BCUT2D eigenvalue weighted by Crippen LogP contribution is -2.46. The molecule has 3 rings (SSSR count). The molecule has 26 heavy (non-hydrogen) atoms. The third-order valence-corrected chi connectivity index (χ3v) is 4.96. The van der Waals surface area contributed by atoms with Crippen molar-refractivity contribution in [1.29, 1.82) is 0 Å². The number of allylic oxidation sites excluding steroid dienone is 1. The normalized spacial score (nSPS) is 17.7. The molecule has 0 saturated carbocycles. The second-order valence-corrected chi connectivity index (χ2v) is 6.90. The van der Waals surface area contributed by atoms with Crippen LogP contribution in [0.4, 0.5) is 5.82 Å². The van der Waals surface area contributed by atoms with Crippen molar-refractivity contribution in [3.05, 3.63) is 29.2 Å². The Morgan fingerprint density at radius 1 is 1.23 bits per heavy atom. The lowest BCUT2D eigenvalue weighted by molar-refractivity contribution is -0.118. The van der Waals surface area contributed by atoms with E-state index < -0.39 is 0 Å². The van der Waals surface area contributed by atoms with Gasteiger partial charge in [0.1, 0.15) is 17.3 Å². The number of aromatic nitrogens is 2. The summed E-state index contributed by atoms with van der Waals surface area (Å²) in [6.07, 6.45) is 8.95. The van der Waals surface area contributed by atoms with Gasteiger partial charge < -0.3 is 15.1 Å². The number of anilines is 1. The van der Waals surface area contributed by atoms with Gasteiger partial charge in [0.05, 0.1) is 0 Å². The lowest BCUT2D eigenvalue weighted by atomic mass is 9.97. The molecule has 1 aromatic rings. The van der Waals surface area contributed by atoms with Gasteiger partial charge in [-0.15, -0.1) is 0 Å². The number of rotatable bonds is 6. The zero-order valence-electron chi connectivity index (χ0n) is 15.4. The number of hydrogen-bond acceptors (Lipinski definition) is 5. The van der Waals surface area contributed by atoms with Crippen LogP contribution in [0.3, 0.4) is 0 Å². The zero-order valence-corrected chi connectivity index (χ0v) is 15.4. The van der Waals surface area contributed by atoms with E-state index in [9.17, 15) is 9.59 Å². The second kappa shape index (κ2) is 8.78. The number of carbonyl (C=O) groups excluding carboxylic acids is 2. The molecule has 7 heteroatoms. The molecule has 0 radical (unpaired) electrons. The number of amides is 2. The fourth-order valence-electron chi connectivity index (χ4n) is 3.45. The average molecular weight is 357 g/mol. The molecule has 7 nitrogen and oxygen atoms in total. The first kappa shape index (κ1) is 18.4. The molecule has 0 aromatic carbocycles. The van der Waals surface area contributed by atoms with Gasteiger partial charge in [0.25, 0.3) is 5.91 Å². The van der Waals surface area contributed by atoms with Crippen LogP contribution in [0.1, 0.15) is 48.4 Å². The van der Waals surface area contributed by atoms with Crippen LogP contribution in [0.2, 0.25) is 0 Å². The number of aryl methyl sites for hydroxylation is 1. The van der Waals surface area contributed by atoms with Crippen molar-refractivity contribution in [1.82, 2.24) is 20.2 Å². The molecule has 1 aliphatic carbocycles. The number of hydrogen-bond donors (Lipinski definition) is 1. The first-order valence-corrected chi connectivity index (χ1v) is 9.42. The summed E-state index contributed by atoms with van der Waals surface area (Å²) in [5.74, 6) is 1.18. The Labute approximate surface area is 154 Å². The quantitative estimate of drug-likeness (QED) is 0.619. The summed E-state index contributed by atoms with van der Waals surface area (Å²) >= 11 is 0. The third kappa shape index (κ3) is 4.80. The highest BCUT2D eigenvalue weighted by Crippen LogP contribution is 2.19. The lowest BCUT2D eigenvalue weighted by Gasteiger charge is -2.33. The molecule has 0 atom stereocenters. The van der Waals surface area contributed by atoms with E-state index in [1.165, 1.54) is 18.4 Å². The summed E-state index contributed by atoms with van der Waals surface area (Å²) < 4.78 is 0. The maximum absolute atomic E-state index is 12.5. The van der Waals surface area contributed by atoms with Crippen LogP contribution in [0.25, 0.3) is 0 Å². The van der Waals surface area contributed by atoms with Gasteiger partial charge in [-0.1, -0.05) is 11.6 Å². The zero-order chi connectivity index (χ0) is 18.4. The van der Waals surface area contributed by atoms with Crippen LogP contribution in [-0.2, 0) is 4.79 Å². The summed E-state index contributed by atoms with van der Waals surface area (Å²) in [7, 11) is 0. The fraction of sp³-hybridized carbons (Fsp3) is 0.579. The van der Waals surface area contributed by atoms with E-state index in [0.29, 0.717) is 44.2 Å². The van der Waals surface area contributed by atoms with Gasteiger partial charge in [0.2, 0.25) is 6.41 Å². The van der Waals surface area contributed by atoms with Crippen molar-refractivity contribution in [2.45, 2.75) is 39.0 Å². The van der Waals surface area contributed by atoms with Crippen molar-refractivity contribution in [3.8, 4) is 0 Å². The molecule has 1 aromatic heterocycles. The molecule has 140 valence electrons. The Balaban J connectivity index is 1.58. The van der Waals surface area contributed by atoms with Crippen LogP contribution < -0.4 is 10.2 Å². The van der Waals surface area contributed by atoms with Gasteiger partial charge in [-0.2, -0.15) is 0 Å². The monoisotopic (exact) mass is 357 g/mol. The molecule has 1 fully saturated rings. The van der Waals surface area contributed by atoms with Crippen molar-refractivity contribution in [2.75, 3.05) is 37.6 Å². The first-order chi connectivity index (χ1) is 12.7. The molecule has 0 spiro atoms. The van der Waals surface area contributed by atoms with E-state index in [-0.39, 0.29) is 5.91 Å². The summed E-state index contributed by atoms with van der Waals surface area (Å²) in [6.45, 7) is 5.21. The maximum atomic E-state index is 12.5. The van der Waals surface area contributed by atoms with E-state index in [0.717, 1.165) is 31.5 Å². The van der Waals surface area contributed by atoms with Crippen LogP contribution in [0.15, 0.2) is 17.7 Å². The van der Waals surface area contributed by atoms with Crippen LogP contribution >= 0.6 is 0 Å². The topological polar surface area (TPSA) is 78.4 Å². The van der Waals surface area contributed by atoms with Crippen LogP contribution in [0.5, 0.6) is 0 Å². The van der Waals surface area contributed by atoms with Crippen LogP contribution in [0, 0.1) is 6.92 Å². The summed E-state index contributed by atoms with van der Waals surface area (Å²) in [4.78, 5) is 35.9. The maximum Gasteiger partial charge on any atom is 0.270 e. The number of nitrogens with one attached hydrogen (secondary N) is 1. The molecular formula is C19H27N5O2. The molecule has 1 saturated heterocycles. The van der Waals surface area contributed by atoms with E-state index in [1.807, 2.05) is 0 Å². The first-order valence-electron chi connectivity index (χ1n) is 9.42. The number of nitrogens with zero attached hydrogens (tertiary/aromatic N) is 4. The third-order valence-electron chi connectivity index (χ3n) is 4.96. The molecule has 1 N–H and O–H groups in total. The summed E-state index contributed by atoms with van der Waals surface area (Å²) in [5, 5.41) is 2.98. The van der Waals surface area contributed by atoms with E-state index in [2.05, 4.69) is 26.3 Å². The van der Waals surface area contributed by atoms with Gasteiger partial charge in [-0.3, -0.25) is 9.59 Å². The van der Waals surface area contributed by atoms with Gasteiger partial charge in [0, 0.05) is 38.8 Å². The summed E-state index contributed by atoms with van der Waals surface area (Å²) in [5.41, 5.74) is 1.85. The molecule has 2 heterocycles. The van der Waals surface area contributed by atoms with Gasteiger partial charge >= 0.3 is 0 Å². The molecule has 2 amide bonds. The molecule has 0 unspecified atom stereocenters. The predicted octanol–water partition coefficient (Wildman–Crippen LogP) is 1.68. The molecular weight excluding hydrogens is 330 g/mol. The molecule has 1 aliphatic heterocycles. The minimum absolute atomic E-state index is 0.153. The average Bonchev–Trinajstić information content (AvgIpc) is 2.68. The highest BCUT2D eigenvalue weighted by molar-refractivity contribution is 5.93. The van der Waals surface area contributed by atoms with Gasteiger partial charge in [-0.05, 0) is 39.0 Å². The Kier molecular flexibility index (Phi) is 6.20. The van der Waals surface area contributed by atoms with E-state index >= 15 is 0 Å². The largest absolute Gasteiger partial charge is 0.353 e. The highest BCUT2D eigenvalue weighted by atomic mass is 16.2. The van der Waals surface area contributed by atoms with Gasteiger partial charge in [0.15, 0.2) is 0 Å². The van der Waals surface area contributed by atoms with Crippen molar-refractivity contribution in [2.24, 2.45) is 0 Å². The molecule has 2 aliphatic rings. The smallest absolute Gasteiger partial charge is 0.270 e. The van der Waals surface area contributed by atoms with Gasteiger partial charge in [-0.25, -0.2) is 9.97 Å². The van der Waals surface area contributed by atoms with Crippen molar-refractivity contribution < 1.29 is 9.59 Å². The van der Waals surface area contributed by atoms with E-state index in [1.54, 1.807) is 17.9 Å². The Bertz CT molecular complexity index is 681. The van der Waals surface area contributed by atoms with Crippen LogP contribution in [-0.4, -0.2) is 59.9 Å². The number of piperazine rings is 1. The Hall–Kier alpha value is -2.44. The highest BCUT2D eigenvalue weighted by Gasteiger charge is 2.19. The minimum Gasteiger partial charge on any atom is -0.353 e. The van der Waals surface area contributed by atoms with Crippen molar-refractivity contribution >= 4 is 18.1 Å². The van der Waals surface area contributed by atoms with E-state index in [4.69, 9.17) is 0 Å². The number of carbonyl (C=O) groups is 2. The Morgan fingerprint density at radius 3 is 2.73 bits per heavy atom. The fourth-order valence-corrected chi connectivity index (χ4v) is 3.45.